The highest BCUT2D eigenvalue weighted by Crippen LogP contribution is 1.99. The Morgan fingerprint density at radius 3 is 2.57 bits per heavy atom. The minimum absolute atomic E-state index is 0.628. The van der Waals surface area contributed by atoms with E-state index in [2.05, 4.69) is 19.6 Å². The van der Waals surface area contributed by atoms with Crippen molar-refractivity contribution in [2.45, 2.75) is 32.6 Å². The van der Waals surface area contributed by atoms with Gasteiger partial charge >= 0.3 is 0 Å². The quantitative estimate of drug-likeness (QED) is 0.315. The molecule has 0 aliphatic heterocycles. The van der Waals surface area contributed by atoms with Gasteiger partial charge < -0.3 is 4.90 Å². The number of rotatable bonds is 9. The molecule has 2 nitrogen and oxygen atoms in total. The first-order valence-corrected chi connectivity index (χ1v) is 5.30. The number of unbranched alkanes of at least 4 members (excludes halogenated alkanes) is 3. The van der Waals surface area contributed by atoms with Gasteiger partial charge in [0.2, 0.25) is 6.41 Å². The Morgan fingerprint density at radius 1 is 1.21 bits per heavy atom. The first-order valence-electron chi connectivity index (χ1n) is 5.30. The number of hydrogen-bond acceptors (Lipinski definition) is 1. The van der Waals surface area contributed by atoms with Crippen LogP contribution in [0.25, 0.3) is 0 Å². The van der Waals surface area contributed by atoms with Crippen molar-refractivity contribution in [3.63, 3.8) is 0 Å². The number of nitrogens with zero attached hydrogens (tertiary/aromatic N) is 1. The van der Waals surface area contributed by atoms with E-state index in [4.69, 9.17) is 0 Å². The van der Waals surface area contributed by atoms with E-state index in [9.17, 15) is 4.79 Å². The molecular formula is C12H21NO. The van der Waals surface area contributed by atoms with Crippen molar-refractivity contribution in [1.82, 2.24) is 4.90 Å². The van der Waals surface area contributed by atoms with Crippen LogP contribution in [-0.4, -0.2) is 24.4 Å². The van der Waals surface area contributed by atoms with Crippen LogP contribution >= 0.6 is 0 Å². The van der Waals surface area contributed by atoms with E-state index in [1.165, 1.54) is 19.3 Å². The molecule has 0 unspecified atom stereocenters. The summed E-state index contributed by atoms with van der Waals surface area (Å²) in [6.07, 6.45) is 11.7. The second-order valence-corrected chi connectivity index (χ2v) is 3.32. The summed E-state index contributed by atoms with van der Waals surface area (Å²) in [5.41, 5.74) is 0. The lowest BCUT2D eigenvalue weighted by atomic mass is 10.2. The average molecular weight is 195 g/mol. The van der Waals surface area contributed by atoms with Gasteiger partial charge in [0.1, 0.15) is 0 Å². The molecule has 0 saturated heterocycles. The Morgan fingerprint density at radius 2 is 2.00 bits per heavy atom. The van der Waals surface area contributed by atoms with Crippen LogP contribution in [0.1, 0.15) is 32.6 Å². The largest absolute Gasteiger partial charge is 0.338 e. The van der Waals surface area contributed by atoms with Crippen LogP contribution < -0.4 is 0 Å². The van der Waals surface area contributed by atoms with E-state index in [1.54, 1.807) is 11.0 Å². The Labute approximate surface area is 87.3 Å². The van der Waals surface area contributed by atoms with E-state index in [0.29, 0.717) is 13.1 Å². The van der Waals surface area contributed by atoms with Crippen LogP contribution in [0.3, 0.4) is 0 Å². The third kappa shape index (κ3) is 7.59. The molecule has 0 radical (unpaired) electrons. The lowest BCUT2D eigenvalue weighted by molar-refractivity contribution is -0.117. The van der Waals surface area contributed by atoms with E-state index >= 15 is 0 Å². The van der Waals surface area contributed by atoms with Gasteiger partial charge in [-0.3, -0.25) is 4.79 Å². The van der Waals surface area contributed by atoms with Gasteiger partial charge in [0.05, 0.1) is 0 Å². The lowest BCUT2D eigenvalue weighted by Crippen LogP contribution is -2.21. The molecule has 0 aliphatic rings. The fourth-order valence-corrected chi connectivity index (χ4v) is 1.17. The summed E-state index contributed by atoms with van der Waals surface area (Å²) in [4.78, 5) is 12.2. The van der Waals surface area contributed by atoms with E-state index < -0.39 is 0 Å². The minimum atomic E-state index is 0.628. The highest BCUT2D eigenvalue weighted by atomic mass is 16.1. The topological polar surface area (TPSA) is 20.3 Å². The fourth-order valence-electron chi connectivity index (χ4n) is 1.17. The number of carbonyl (C=O) groups excluding carboxylic acids is 1. The number of carbonyl (C=O) groups is 1. The summed E-state index contributed by atoms with van der Waals surface area (Å²) in [6.45, 7) is 7.11. The van der Waals surface area contributed by atoms with Crippen molar-refractivity contribution in [1.29, 1.82) is 0 Å². The lowest BCUT2D eigenvalue weighted by Gasteiger charge is -2.11. The van der Waals surface area contributed by atoms with E-state index in [0.717, 1.165) is 12.8 Å². The van der Waals surface area contributed by atoms with Crippen molar-refractivity contribution in [2.75, 3.05) is 13.1 Å². The SMILES string of the molecule is C=CCN(C=O)C/C=C/CCCCC. The van der Waals surface area contributed by atoms with Crippen molar-refractivity contribution in [2.24, 2.45) is 0 Å². The first kappa shape index (κ1) is 12.9. The normalized spacial score (nSPS) is 10.4. The van der Waals surface area contributed by atoms with Crippen LogP contribution in [0.15, 0.2) is 24.8 Å². The molecule has 0 atom stereocenters. The maximum Gasteiger partial charge on any atom is 0.210 e. The maximum atomic E-state index is 10.5. The molecule has 0 aromatic heterocycles. The summed E-state index contributed by atoms with van der Waals surface area (Å²) >= 11 is 0. The smallest absolute Gasteiger partial charge is 0.210 e. The van der Waals surface area contributed by atoms with Gasteiger partial charge in [-0.2, -0.15) is 0 Å². The molecule has 0 fully saturated rings. The molecule has 0 aliphatic carbocycles. The molecule has 0 spiro atoms. The highest BCUT2D eigenvalue weighted by molar-refractivity contribution is 5.47. The summed E-state index contributed by atoms with van der Waals surface area (Å²) in [5.74, 6) is 0. The maximum absolute atomic E-state index is 10.5. The van der Waals surface area contributed by atoms with Gasteiger partial charge in [-0.1, -0.05) is 38.0 Å². The number of allylic oxidation sites excluding steroid dienone is 1. The van der Waals surface area contributed by atoms with E-state index in [1.807, 2.05) is 6.08 Å². The van der Waals surface area contributed by atoms with Gasteiger partial charge in [-0.15, -0.1) is 6.58 Å². The molecule has 0 heterocycles. The third-order valence-electron chi connectivity index (χ3n) is 1.99. The Bertz CT molecular complexity index is 175. The average Bonchev–Trinajstić information content (AvgIpc) is 2.21. The molecule has 0 N–H and O–H groups in total. The van der Waals surface area contributed by atoms with Crippen LogP contribution in [0.4, 0.5) is 0 Å². The van der Waals surface area contributed by atoms with Gasteiger partial charge in [0, 0.05) is 13.1 Å². The minimum Gasteiger partial charge on any atom is -0.338 e. The molecule has 0 bridgehead atoms. The standard InChI is InChI=1S/C12H21NO/c1-3-5-6-7-8-9-11-13(12-14)10-4-2/h4,8-9,12H,2-3,5-7,10-11H2,1H3/b9-8+. The second kappa shape index (κ2) is 10.0. The Balaban J connectivity index is 3.47. The summed E-state index contributed by atoms with van der Waals surface area (Å²) in [5, 5.41) is 0. The van der Waals surface area contributed by atoms with Crippen LogP contribution in [0.5, 0.6) is 0 Å². The molecular weight excluding hydrogens is 174 g/mol. The van der Waals surface area contributed by atoms with E-state index in [-0.39, 0.29) is 0 Å². The van der Waals surface area contributed by atoms with Gasteiger partial charge in [0.25, 0.3) is 0 Å². The summed E-state index contributed by atoms with van der Waals surface area (Å²) in [7, 11) is 0. The molecule has 80 valence electrons. The van der Waals surface area contributed by atoms with Crippen molar-refractivity contribution < 1.29 is 4.79 Å². The van der Waals surface area contributed by atoms with Crippen LogP contribution in [0, 0.1) is 0 Å². The molecule has 0 aromatic carbocycles. The Kier molecular flexibility index (Phi) is 9.28. The molecule has 0 aromatic rings. The van der Waals surface area contributed by atoms with Crippen molar-refractivity contribution >= 4 is 6.41 Å². The van der Waals surface area contributed by atoms with Crippen molar-refractivity contribution in [3.8, 4) is 0 Å². The fraction of sp³-hybridized carbons (Fsp3) is 0.583. The molecule has 14 heavy (non-hydrogen) atoms. The van der Waals surface area contributed by atoms with Crippen LogP contribution in [0.2, 0.25) is 0 Å². The van der Waals surface area contributed by atoms with Crippen molar-refractivity contribution in [3.05, 3.63) is 24.8 Å². The van der Waals surface area contributed by atoms with Gasteiger partial charge in [0.15, 0.2) is 0 Å². The molecule has 1 amide bonds. The predicted octanol–water partition coefficient (Wildman–Crippen LogP) is 2.77. The summed E-state index contributed by atoms with van der Waals surface area (Å²) in [6, 6.07) is 0. The number of hydrogen-bond donors (Lipinski definition) is 0. The zero-order chi connectivity index (χ0) is 10.6. The predicted molar refractivity (Wildman–Crippen MR) is 61.1 cm³/mol. The highest BCUT2D eigenvalue weighted by Gasteiger charge is 1.92. The third-order valence-corrected chi connectivity index (χ3v) is 1.99. The Hall–Kier alpha value is -1.05. The summed E-state index contributed by atoms with van der Waals surface area (Å²) < 4.78 is 0. The van der Waals surface area contributed by atoms with Gasteiger partial charge in [-0.05, 0) is 12.8 Å². The molecule has 0 rings (SSSR count). The number of amides is 1. The van der Waals surface area contributed by atoms with Gasteiger partial charge in [-0.25, -0.2) is 0 Å². The zero-order valence-electron chi connectivity index (χ0n) is 9.11. The van der Waals surface area contributed by atoms with Crippen LogP contribution in [-0.2, 0) is 4.79 Å². The second-order valence-electron chi connectivity index (χ2n) is 3.32. The molecule has 2 heteroatoms. The first-order chi connectivity index (χ1) is 6.85. The zero-order valence-corrected chi connectivity index (χ0v) is 9.11. The monoisotopic (exact) mass is 195 g/mol. The molecule has 0 saturated carbocycles.